The average Bonchev–Trinajstić information content (AvgIpc) is 2.43. The Morgan fingerprint density at radius 1 is 1.42 bits per heavy atom. The summed E-state index contributed by atoms with van der Waals surface area (Å²) in [6, 6.07) is 7.48. The number of ether oxygens (including phenoxy) is 1. The molecule has 1 amide bonds. The minimum absolute atomic E-state index is 0.118. The smallest absolute Gasteiger partial charge is 0.244 e. The molecule has 2 N–H and O–H groups in total. The summed E-state index contributed by atoms with van der Waals surface area (Å²) in [6.45, 7) is 2.07. The van der Waals surface area contributed by atoms with Crippen molar-refractivity contribution in [2.24, 2.45) is 5.73 Å². The second-order valence-electron chi connectivity index (χ2n) is 4.77. The van der Waals surface area contributed by atoms with E-state index in [2.05, 4.69) is 4.90 Å². The predicted octanol–water partition coefficient (Wildman–Crippen LogP) is 0.691. The molecular formula is C14H21N3O2. The quantitative estimate of drug-likeness (QED) is 0.868. The Labute approximate surface area is 113 Å². The van der Waals surface area contributed by atoms with E-state index in [9.17, 15) is 4.79 Å². The van der Waals surface area contributed by atoms with Crippen LogP contribution in [-0.2, 0) is 4.79 Å². The van der Waals surface area contributed by atoms with E-state index in [4.69, 9.17) is 10.5 Å². The van der Waals surface area contributed by atoms with Crippen LogP contribution in [-0.4, -0.2) is 50.6 Å². The molecule has 1 aromatic rings. The maximum absolute atomic E-state index is 12.5. The summed E-state index contributed by atoms with van der Waals surface area (Å²) >= 11 is 0. The molecule has 1 aromatic carbocycles. The standard InChI is InChI=1S/C14H21N3O2/c1-16-8-9-17(14(18)13(16)6-7-15)11-4-3-5-12(10-11)19-2/h3-5,10,13H,6-9,15H2,1-2H3. The molecule has 1 unspecified atom stereocenters. The molecule has 5 heteroatoms. The van der Waals surface area contributed by atoms with Crippen LogP contribution in [0.5, 0.6) is 5.75 Å². The largest absolute Gasteiger partial charge is 0.497 e. The number of rotatable bonds is 4. The van der Waals surface area contributed by atoms with Crippen LogP contribution in [0.3, 0.4) is 0 Å². The zero-order valence-corrected chi connectivity index (χ0v) is 11.5. The first-order valence-electron chi connectivity index (χ1n) is 6.53. The number of hydrogen-bond donors (Lipinski definition) is 1. The monoisotopic (exact) mass is 263 g/mol. The third-order valence-electron chi connectivity index (χ3n) is 3.56. The number of amides is 1. The first kappa shape index (κ1) is 13.8. The SMILES string of the molecule is COc1cccc(N2CCN(C)C(CCN)C2=O)c1. The lowest BCUT2D eigenvalue weighted by molar-refractivity contribution is -0.125. The van der Waals surface area contributed by atoms with Crippen LogP contribution in [0.4, 0.5) is 5.69 Å². The highest BCUT2D eigenvalue weighted by Crippen LogP contribution is 2.24. The van der Waals surface area contributed by atoms with Gasteiger partial charge in [-0.25, -0.2) is 0 Å². The topological polar surface area (TPSA) is 58.8 Å². The normalized spacial score (nSPS) is 20.7. The van der Waals surface area contributed by atoms with Crippen molar-refractivity contribution < 1.29 is 9.53 Å². The molecule has 1 aliphatic rings. The fourth-order valence-corrected chi connectivity index (χ4v) is 2.43. The zero-order chi connectivity index (χ0) is 13.8. The Kier molecular flexibility index (Phi) is 4.39. The lowest BCUT2D eigenvalue weighted by Crippen LogP contribution is -2.56. The molecule has 2 rings (SSSR count). The first-order valence-corrected chi connectivity index (χ1v) is 6.53. The number of nitrogens with zero attached hydrogens (tertiary/aromatic N) is 2. The molecule has 0 bridgehead atoms. The van der Waals surface area contributed by atoms with Gasteiger partial charge in [0.2, 0.25) is 5.91 Å². The van der Waals surface area contributed by atoms with Gasteiger partial charge in [-0.1, -0.05) is 6.07 Å². The molecule has 0 radical (unpaired) electrons. The second kappa shape index (κ2) is 6.04. The van der Waals surface area contributed by atoms with Gasteiger partial charge in [0.25, 0.3) is 0 Å². The molecular weight excluding hydrogens is 242 g/mol. The van der Waals surface area contributed by atoms with Gasteiger partial charge in [-0.05, 0) is 32.1 Å². The van der Waals surface area contributed by atoms with Gasteiger partial charge in [-0.2, -0.15) is 0 Å². The molecule has 5 nitrogen and oxygen atoms in total. The molecule has 1 aliphatic heterocycles. The summed E-state index contributed by atoms with van der Waals surface area (Å²) in [7, 11) is 3.60. The van der Waals surface area contributed by atoms with Crippen LogP contribution in [0, 0.1) is 0 Å². The predicted molar refractivity (Wildman–Crippen MR) is 75.4 cm³/mol. The number of carbonyl (C=O) groups is 1. The lowest BCUT2D eigenvalue weighted by Gasteiger charge is -2.38. The van der Waals surface area contributed by atoms with Crippen molar-refractivity contribution in [1.29, 1.82) is 0 Å². The number of piperazine rings is 1. The minimum Gasteiger partial charge on any atom is -0.497 e. The number of anilines is 1. The fourth-order valence-electron chi connectivity index (χ4n) is 2.43. The van der Waals surface area contributed by atoms with Crippen LogP contribution in [0.1, 0.15) is 6.42 Å². The van der Waals surface area contributed by atoms with E-state index < -0.39 is 0 Å². The summed E-state index contributed by atoms with van der Waals surface area (Å²) in [4.78, 5) is 16.4. The number of hydrogen-bond acceptors (Lipinski definition) is 4. The van der Waals surface area contributed by atoms with Gasteiger partial charge in [0.1, 0.15) is 5.75 Å². The number of methoxy groups -OCH3 is 1. The molecule has 1 fully saturated rings. The summed E-state index contributed by atoms with van der Waals surface area (Å²) in [5, 5.41) is 0. The summed E-state index contributed by atoms with van der Waals surface area (Å²) < 4.78 is 5.21. The number of benzene rings is 1. The van der Waals surface area contributed by atoms with Gasteiger partial charge < -0.3 is 15.4 Å². The van der Waals surface area contributed by atoms with Gasteiger partial charge in [-0.3, -0.25) is 9.69 Å². The lowest BCUT2D eigenvalue weighted by atomic mass is 10.1. The molecule has 1 atom stereocenters. The van der Waals surface area contributed by atoms with E-state index in [0.717, 1.165) is 18.0 Å². The van der Waals surface area contributed by atoms with Crippen LogP contribution >= 0.6 is 0 Å². The average molecular weight is 263 g/mol. The zero-order valence-electron chi connectivity index (χ0n) is 11.5. The molecule has 0 aromatic heterocycles. The minimum atomic E-state index is -0.120. The highest BCUT2D eigenvalue weighted by Gasteiger charge is 2.32. The molecule has 1 saturated heterocycles. The van der Waals surface area contributed by atoms with Crippen molar-refractivity contribution in [2.45, 2.75) is 12.5 Å². The van der Waals surface area contributed by atoms with Crippen LogP contribution in [0.25, 0.3) is 0 Å². The maximum Gasteiger partial charge on any atom is 0.244 e. The van der Waals surface area contributed by atoms with E-state index in [0.29, 0.717) is 19.5 Å². The van der Waals surface area contributed by atoms with Crippen LogP contribution in [0.2, 0.25) is 0 Å². The van der Waals surface area contributed by atoms with Crippen molar-refractivity contribution in [3.63, 3.8) is 0 Å². The number of likely N-dealkylation sites (N-methyl/N-ethyl adjacent to an activating group) is 1. The van der Waals surface area contributed by atoms with Crippen molar-refractivity contribution >= 4 is 11.6 Å². The Morgan fingerprint density at radius 2 is 2.21 bits per heavy atom. The molecule has 1 heterocycles. The van der Waals surface area contributed by atoms with E-state index in [1.807, 2.05) is 36.2 Å². The van der Waals surface area contributed by atoms with Gasteiger partial charge in [0, 0.05) is 24.8 Å². The summed E-state index contributed by atoms with van der Waals surface area (Å²) in [5.74, 6) is 0.882. The summed E-state index contributed by atoms with van der Waals surface area (Å²) in [5.41, 5.74) is 6.48. The summed E-state index contributed by atoms with van der Waals surface area (Å²) in [6.07, 6.45) is 0.690. The fraction of sp³-hybridized carbons (Fsp3) is 0.500. The second-order valence-corrected chi connectivity index (χ2v) is 4.77. The Bertz CT molecular complexity index is 450. The van der Waals surface area contributed by atoms with Crippen LogP contribution in [0.15, 0.2) is 24.3 Å². The molecule has 0 spiro atoms. The number of carbonyl (C=O) groups excluding carboxylic acids is 1. The number of nitrogens with two attached hydrogens (primary N) is 1. The van der Waals surface area contributed by atoms with E-state index >= 15 is 0 Å². The maximum atomic E-state index is 12.5. The van der Waals surface area contributed by atoms with Gasteiger partial charge in [0.05, 0.1) is 13.2 Å². The van der Waals surface area contributed by atoms with Gasteiger partial charge >= 0.3 is 0 Å². The molecule has 104 valence electrons. The van der Waals surface area contributed by atoms with Gasteiger partial charge in [-0.15, -0.1) is 0 Å². The third kappa shape index (κ3) is 2.88. The molecule has 0 aliphatic carbocycles. The van der Waals surface area contributed by atoms with Crippen molar-refractivity contribution in [3.8, 4) is 5.75 Å². The van der Waals surface area contributed by atoms with E-state index in [1.165, 1.54) is 0 Å². The van der Waals surface area contributed by atoms with Crippen molar-refractivity contribution in [2.75, 3.05) is 38.7 Å². The van der Waals surface area contributed by atoms with Crippen molar-refractivity contribution in [1.82, 2.24) is 4.90 Å². The Morgan fingerprint density at radius 3 is 2.89 bits per heavy atom. The van der Waals surface area contributed by atoms with E-state index in [1.54, 1.807) is 7.11 Å². The third-order valence-corrected chi connectivity index (χ3v) is 3.56. The van der Waals surface area contributed by atoms with Crippen LogP contribution < -0.4 is 15.4 Å². The molecule has 0 saturated carbocycles. The molecule has 19 heavy (non-hydrogen) atoms. The van der Waals surface area contributed by atoms with E-state index in [-0.39, 0.29) is 11.9 Å². The Hall–Kier alpha value is -1.59. The highest BCUT2D eigenvalue weighted by molar-refractivity contribution is 5.98. The Balaban J connectivity index is 2.21. The van der Waals surface area contributed by atoms with Gasteiger partial charge in [0.15, 0.2) is 0 Å². The first-order chi connectivity index (χ1) is 9.17. The van der Waals surface area contributed by atoms with Crippen molar-refractivity contribution in [3.05, 3.63) is 24.3 Å². The highest BCUT2D eigenvalue weighted by atomic mass is 16.5.